The molecule has 2 aromatic heterocycles. The number of carbonyl (C=O) groups is 2. The zero-order chi connectivity index (χ0) is 19.8. The van der Waals surface area contributed by atoms with Gasteiger partial charge >= 0.3 is 0 Å². The van der Waals surface area contributed by atoms with E-state index in [2.05, 4.69) is 30.9 Å². The lowest BCUT2D eigenvalue weighted by molar-refractivity contribution is -0.136. The Labute approximate surface area is 167 Å². The number of nitrogens with one attached hydrogen (secondary N) is 2. The highest BCUT2D eigenvalue weighted by Crippen LogP contribution is 2.39. The molecule has 0 aromatic carbocycles. The normalized spacial score (nSPS) is 22.5. The molecule has 2 N–H and O–H groups in total. The van der Waals surface area contributed by atoms with E-state index in [1.165, 1.54) is 0 Å². The number of hydrogen-bond acceptors (Lipinski definition) is 8. The number of amides is 2. The largest absolute Gasteiger partial charge is 0.353 e. The minimum Gasteiger partial charge on any atom is -0.353 e. The van der Waals surface area contributed by atoms with Crippen LogP contribution in [-0.2, 0) is 9.59 Å². The molecule has 0 bridgehead atoms. The number of aromatic nitrogens is 3. The van der Waals surface area contributed by atoms with Crippen molar-refractivity contribution in [1.82, 2.24) is 30.9 Å². The molecule has 2 aromatic rings. The van der Waals surface area contributed by atoms with E-state index in [1.54, 1.807) is 6.20 Å². The second kappa shape index (κ2) is 7.43. The van der Waals surface area contributed by atoms with Gasteiger partial charge in [0.1, 0.15) is 11.9 Å². The number of hydrogen-bond donors (Lipinski definition) is 2. The fourth-order valence-electron chi connectivity index (χ4n) is 3.69. The smallest absolute Gasteiger partial charge is 0.241 e. The van der Waals surface area contributed by atoms with Crippen molar-refractivity contribution < 1.29 is 14.1 Å². The summed E-state index contributed by atoms with van der Waals surface area (Å²) in [6, 6.07) is 3.57. The Hall–Kier alpha value is -3.01. The molecule has 152 valence electrons. The van der Waals surface area contributed by atoms with Gasteiger partial charge in [-0.25, -0.2) is 10.4 Å². The molecule has 1 aliphatic carbocycles. The first-order chi connectivity index (χ1) is 14.2. The molecule has 29 heavy (non-hydrogen) atoms. The lowest BCUT2D eigenvalue weighted by atomic mass is 10.1. The quantitative estimate of drug-likeness (QED) is 0.763. The minimum atomic E-state index is -0.341. The average Bonchev–Trinajstić information content (AvgIpc) is 3.51. The van der Waals surface area contributed by atoms with Crippen molar-refractivity contribution in [1.29, 1.82) is 0 Å². The van der Waals surface area contributed by atoms with Crippen LogP contribution in [0.1, 0.15) is 37.5 Å². The first-order valence-corrected chi connectivity index (χ1v) is 10.1. The molecule has 4 heterocycles. The Kier molecular flexibility index (Phi) is 4.62. The van der Waals surface area contributed by atoms with Gasteiger partial charge in [0.05, 0.1) is 0 Å². The molecule has 5 rings (SSSR count). The van der Waals surface area contributed by atoms with Crippen molar-refractivity contribution in [2.24, 2.45) is 0 Å². The van der Waals surface area contributed by atoms with Crippen LogP contribution >= 0.6 is 0 Å². The summed E-state index contributed by atoms with van der Waals surface area (Å²) in [4.78, 5) is 36.9. The number of carbonyl (C=O) groups excluding carboxylic acids is 2. The Morgan fingerprint density at radius 3 is 2.62 bits per heavy atom. The van der Waals surface area contributed by atoms with Crippen LogP contribution in [0, 0.1) is 0 Å². The van der Waals surface area contributed by atoms with Crippen molar-refractivity contribution >= 4 is 17.6 Å². The zero-order valence-electron chi connectivity index (χ0n) is 16.0. The second-order valence-electron chi connectivity index (χ2n) is 7.73. The lowest BCUT2D eigenvalue weighted by Gasteiger charge is -2.37. The minimum absolute atomic E-state index is 0.0385. The van der Waals surface area contributed by atoms with Gasteiger partial charge < -0.3 is 14.3 Å². The maximum atomic E-state index is 12.6. The molecule has 1 unspecified atom stereocenters. The SMILES string of the molecule is O=C1CCC(C(=O)N2CCN(c3ccc(-c4noc(C5CC5)n4)cn3)CC2)NN1. The lowest BCUT2D eigenvalue weighted by Crippen LogP contribution is -2.59. The van der Waals surface area contributed by atoms with Crippen molar-refractivity contribution in [3.05, 3.63) is 24.2 Å². The monoisotopic (exact) mass is 397 g/mol. The molecular formula is C19H23N7O3. The highest BCUT2D eigenvalue weighted by Gasteiger charge is 2.31. The average molecular weight is 397 g/mol. The molecule has 1 saturated carbocycles. The van der Waals surface area contributed by atoms with E-state index in [1.807, 2.05) is 17.0 Å². The summed E-state index contributed by atoms with van der Waals surface area (Å²) in [6.07, 6.45) is 4.93. The number of pyridine rings is 1. The van der Waals surface area contributed by atoms with E-state index in [0.717, 1.165) is 30.1 Å². The molecule has 0 spiro atoms. The molecule has 2 amide bonds. The molecule has 2 saturated heterocycles. The summed E-state index contributed by atoms with van der Waals surface area (Å²) in [7, 11) is 0. The highest BCUT2D eigenvalue weighted by atomic mass is 16.5. The summed E-state index contributed by atoms with van der Waals surface area (Å²) >= 11 is 0. The summed E-state index contributed by atoms with van der Waals surface area (Å²) < 4.78 is 5.31. The van der Waals surface area contributed by atoms with Crippen molar-refractivity contribution in [2.75, 3.05) is 31.1 Å². The van der Waals surface area contributed by atoms with Crippen LogP contribution in [0.5, 0.6) is 0 Å². The van der Waals surface area contributed by atoms with Gasteiger partial charge in [0, 0.05) is 50.3 Å². The molecule has 0 radical (unpaired) electrons. The molecule has 10 heteroatoms. The van der Waals surface area contributed by atoms with Gasteiger partial charge in [-0.05, 0) is 31.4 Å². The molecule has 10 nitrogen and oxygen atoms in total. The second-order valence-corrected chi connectivity index (χ2v) is 7.73. The Morgan fingerprint density at radius 2 is 1.97 bits per heavy atom. The van der Waals surface area contributed by atoms with Gasteiger partial charge in [0.2, 0.25) is 23.5 Å². The van der Waals surface area contributed by atoms with Gasteiger partial charge in [-0.1, -0.05) is 5.16 Å². The van der Waals surface area contributed by atoms with Crippen LogP contribution in [0.15, 0.2) is 22.9 Å². The van der Waals surface area contributed by atoms with E-state index in [-0.39, 0.29) is 17.9 Å². The summed E-state index contributed by atoms with van der Waals surface area (Å²) in [5.74, 6) is 2.57. The maximum absolute atomic E-state index is 12.6. The third-order valence-electron chi connectivity index (χ3n) is 5.63. The van der Waals surface area contributed by atoms with E-state index < -0.39 is 0 Å². The van der Waals surface area contributed by atoms with E-state index >= 15 is 0 Å². The predicted molar refractivity (Wildman–Crippen MR) is 103 cm³/mol. The van der Waals surface area contributed by atoms with Crippen molar-refractivity contribution in [3.8, 4) is 11.4 Å². The zero-order valence-corrected chi connectivity index (χ0v) is 16.0. The van der Waals surface area contributed by atoms with Gasteiger partial charge in [-0.15, -0.1) is 0 Å². The van der Waals surface area contributed by atoms with Crippen molar-refractivity contribution in [2.45, 2.75) is 37.6 Å². The molecule has 2 aliphatic heterocycles. The van der Waals surface area contributed by atoms with Gasteiger partial charge in [0.25, 0.3) is 0 Å². The van der Waals surface area contributed by atoms with E-state index in [0.29, 0.717) is 50.8 Å². The Morgan fingerprint density at radius 1 is 1.14 bits per heavy atom. The number of hydrazine groups is 1. The van der Waals surface area contributed by atoms with Gasteiger partial charge in [-0.3, -0.25) is 15.0 Å². The van der Waals surface area contributed by atoms with Crippen LogP contribution in [0.2, 0.25) is 0 Å². The van der Waals surface area contributed by atoms with Crippen LogP contribution in [-0.4, -0.2) is 64.1 Å². The molecular weight excluding hydrogens is 374 g/mol. The summed E-state index contributed by atoms with van der Waals surface area (Å²) in [5, 5.41) is 4.05. The van der Waals surface area contributed by atoms with Crippen LogP contribution in [0.25, 0.3) is 11.4 Å². The van der Waals surface area contributed by atoms with E-state index in [9.17, 15) is 9.59 Å². The topological polar surface area (TPSA) is 116 Å². The number of anilines is 1. The maximum Gasteiger partial charge on any atom is 0.241 e. The number of nitrogens with zero attached hydrogens (tertiary/aromatic N) is 5. The van der Waals surface area contributed by atoms with Gasteiger partial charge in [-0.2, -0.15) is 4.98 Å². The Bertz CT molecular complexity index is 891. The standard InChI is InChI=1S/C19H23N7O3/c27-16-6-4-14(22-23-16)19(28)26-9-7-25(8-10-26)15-5-3-13(11-20-15)17-21-18(29-24-17)12-1-2-12/h3,5,11-12,14,22H,1-2,4,6-10H2,(H,23,27). The molecule has 1 atom stereocenters. The Balaban J connectivity index is 1.17. The first-order valence-electron chi connectivity index (χ1n) is 10.1. The van der Waals surface area contributed by atoms with Gasteiger partial charge in [0.15, 0.2) is 0 Å². The highest BCUT2D eigenvalue weighted by molar-refractivity contribution is 5.85. The number of rotatable bonds is 4. The van der Waals surface area contributed by atoms with Crippen LogP contribution < -0.4 is 15.8 Å². The summed E-state index contributed by atoms with van der Waals surface area (Å²) in [6.45, 7) is 2.68. The van der Waals surface area contributed by atoms with Crippen LogP contribution in [0.4, 0.5) is 5.82 Å². The van der Waals surface area contributed by atoms with Crippen molar-refractivity contribution in [3.63, 3.8) is 0 Å². The van der Waals surface area contributed by atoms with Crippen LogP contribution in [0.3, 0.4) is 0 Å². The molecule has 3 fully saturated rings. The third-order valence-corrected chi connectivity index (χ3v) is 5.63. The fourth-order valence-corrected chi connectivity index (χ4v) is 3.69. The molecule has 3 aliphatic rings. The predicted octanol–water partition coefficient (Wildman–Crippen LogP) is 0.441. The summed E-state index contributed by atoms with van der Waals surface area (Å²) in [5.41, 5.74) is 6.19. The first kappa shape index (κ1) is 18.0. The van der Waals surface area contributed by atoms with E-state index in [4.69, 9.17) is 4.52 Å². The fraction of sp³-hybridized carbons (Fsp3) is 0.526. The number of piperazine rings is 1. The third kappa shape index (κ3) is 3.80.